The van der Waals surface area contributed by atoms with Crippen LogP contribution in [-0.2, 0) is 0 Å². The number of benzene rings is 1. The zero-order valence-corrected chi connectivity index (χ0v) is 8.17. The summed E-state index contributed by atoms with van der Waals surface area (Å²) in [5.41, 5.74) is 0. The van der Waals surface area contributed by atoms with Crippen molar-refractivity contribution in [1.29, 1.82) is 0 Å². The molecule has 1 aromatic carbocycles. The summed E-state index contributed by atoms with van der Waals surface area (Å²) in [4.78, 5) is 5.16. The molecule has 0 saturated carbocycles. The van der Waals surface area contributed by atoms with Crippen LogP contribution in [0.5, 0.6) is 0 Å². The molecule has 0 spiro atoms. The van der Waals surface area contributed by atoms with Crippen molar-refractivity contribution in [2.75, 3.05) is 0 Å². The van der Waals surface area contributed by atoms with Crippen LogP contribution < -0.4 is 0 Å². The van der Waals surface area contributed by atoms with E-state index in [-0.39, 0.29) is 5.82 Å². The maximum atomic E-state index is 12.6. The van der Waals surface area contributed by atoms with Crippen LogP contribution in [0.4, 0.5) is 4.39 Å². The Labute approximate surface area is 86.0 Å². The molecule has 0 aliphatic rings. The van der Waals surface area contributed by atoms with Gasteiger partial charge in [-0.1, -0.05) is 17.8 Å². The second-order valence-corrected chi connectivity index (χ2v) is 3.82. The Bertz CT molecular complexity index is 399. The first-order valence-electron chi connectivity index (χ1n) is 4.19. The van der Waals surface area contributed by atoms with Crippen LogP contribution in [0.25, 0.3) is 0 Å². The summed E-state index contributed by atoms with van der Waals surface area (Å²) in [7, 11) is 0. The molecule has 0 aliphatic heterocycles. The van der Waals surface area contributed by atoms with E-state index in [0.717, 1.165) is 9.92 Å². The molecule has 0 fully saturated rings. The third kappa shape index (κ3) is 2.33. The van der Waals surface area contributed by atoms with Gasteiger partial charge in [0.1, 0.15) is 10.8 Å². The van der Waals surface area contributed by atoms with E-state index in [1.54, 1.807) is 18.3 Å². The van der Waals surface area contributed by atoms with Crippen molar-refractivity contribution in [1.82, 2.24) is 4.98 Å². The maximum Gasteiger partial charge on any atom is 0.123 e. The topological polar surface area (TPSA) is 12.9 Å². The number of hydrogen-bond donors (Lipinski definition) is 0. The Morgan fingerprint density at radius 3 is 2.43 bits per heavy atom. The quantitative estimate of drug-likeness (QED) is 0.745. The van der Waals surface area contributed by atoms with Crippen molar-refractivity contribution in [3.8, 4) is 0 Å². The minimum Gasteiger partial charge on any atom is -0.250 e. The summed E-state index contributed by atoms with van der Waals surface area (Å²) in [6.07, 6.45) is 1.74. The van der Waals surface area contributed by atoms with Gasteiger partial charge in [-0.3, -0.25) is 0 Å². The Hall–Kier alpha value is -1.35. The number of hydrogen-bond acceptors (Lipinski definition) is 2. The first kappa shape index (κ1) is 9.21. The molecule has 0 saturated heterocycles. The van der Waals surface area contributed by atoms with Crippen molar-refractivity contribution < 1.29 is 4.39 Å². The number of rotatable bonds is 2. The Balaban J connectivity index is 2.16. The van der Waals surface area contributed by atoms with Crippen molar-refractivity contribution in [2.24, 2.45) is 0 Å². The van der Waals surface area contributed by atoms with Crippen molar-refractivity contribution in [2.45, 2.75) is 9.92 Å². The van der Waals surface area contributed by atoms with Crippen LogP contribution in [0.1, 0.15) is 0 Å². The predicted molar refractivity (Wildman–Crippen MR) is 54.8 cm³/mol. The molecule has 3 heteroatoms. The summed E-state index contributed by atoms with van der Waals surface area (Å²) in [5, 5.41) is 0.916. The molecule has 0 unspecified atom stereocenters. The van der Waals surface area contributed by atoms with Gasteiger partial charge < -0.3 is 0 Å². The monoisotopic (exact) mass is 205 g/mol. The molecule has 0 N–H and O–H groups in total. The molecule has 2 rings (SSSR count). The minimum atomic E-state index is -0.213. The van der Waals surface area contributed by atoms with Gasteiger partial charge in [-0.15, -0.1) is 0 Å². The maximum absolute atomic E-state index is 12.6. The van der Waals surface area contributed by atoms with Gasteiger partial charge in [0.05, 0.1) is 0 Å². The number of halogens is 1. The first-order valence-corrected chi connectivity index (χ1v) is 5.01. The van der Waals surface area contributed by atoms with E-state index in [9.17, 15) is 4.39 Å². The average Bonchev–Trinajstić information content (AvgIpc) is 2.23. The fourth-order valence-electron chi connectivity index (χ4n) is 1.03. The molecule has 2 aromatic rings. The van der Waals surface area contributed by atoms with Gasteiger partial charge in [0.15, 0.2) is 0 Å². The summed E-state index contributed by atoms with van der Waals surface area (Å²) in [6.45, 7) is 0. The second-order valence-electron chi connectivity index (χ2n) is 2.72. The highest BCUT2D eigenvalue weighted by atomic mass is 32.2. The summed E-state index contributed by atoms with van der Waals surface area (Å²) in [5.74, 6) is -0.213. The van der Waals surface area contributed by atoms with E-state index < -0.39 is 0 Å². The molecule has 0 radical (unpaired) electrons. The molecular weight excluding hydrogens is 197 g/mol. The highest BCUT2D eigenvalue weighted by molar-refractivity contribution is 7.99. The van der Waals surface area contributed by atoms with Gasteiger partial charge in [-0.05, 0) is 36.4 Å². The lowest BCUT2D eigenvalue weighted by molar-refractivity contribution is 0.626. The van der Waals surface area contributed by atoms with E-state index >= 15 is 0 Å². The lowest BCUT2D eigenvalue weighted by Gasteiger charge is -1.99. The molecule has 1 heterocycles. The fraction of sp³-hybridized carbons (Fsp3) is 0. The molecular formula is C11H8FNS. The van der Waals surface area contributed by atoms with E-state index in [2.05, 4.69) is 4.98 Å². The second kappa shape index (κ2) is 4.24. The Morgan fingerprint density at radius 1 is 1.00 bits per heavy atom. The van der Waals surface area contributed by atoms with Gasteiger partial charge in [0.25, 0.3) is 0 Å². The van der Waals surface area contributed by atoms with Crippen LogP contribution in [0.15, 0.2) is 58.6 Å². The van der Waals surface area contributed by atoms with Crippen LogP contribution in [0.2, 0.25) is 0 Å². The van der Waals surface area contributed by atoms with E-state index in [0.29, 0.717) is 0 Å². The molecule has 0 amide bonds. The minimum absolute atomic E-state index is 0.213. The SMILES string of the molecule is Fc1ccc(Sc2ccccn2)cc1. The molecule has 1 nitrogen and oxygen atoms in total. The van der Waals surface area contributed by atoms with E-state index in [4.69, 9.17) is 0 Å². The van der Waals surface area contributed by atoms with Crippen LogP contribution in [-0.4, -0.2) is 4.98 Å². The number of pyridine rings is 1. The smallest absolute Gasteiger partial charge is 0.123 e. The van der Waals surface area contributed by atoms with Gasteiger partial charge in [-0.25, -0.2) is 9.37 Å². The highest BCUT2D eigenvalue weighted by Gasteiger charge is 1.97. The standard InChI is InChI=1S/C11H8FNS/c12-9-4-6-10(7-5-9)14-11-3-1-2-8-13-11/h1-8H. The number of nitrogens with zero attached hydrogens (tertiary/aromatic N) is 1. The van der Waals surface area contributed by atoms with Gasteiger partial charge in [0.2, 0.25) is 0 Å². The highest BCUT2D eigenvalue weighted by Crippen LogP contribution is 2.25. The average molecular weight is 205 g/mol. The lowest BCUT2D eigenvalue weighted by Crippen LogP contribution is -1.78. The summed E-state index contributed by atoms with van der Waals surface area (Å²) in [6, 6.07) is 12.1. The van der Waals surface area contributed by atoms with Gasteiger partial charge in [0, 0.05) is 11.1 Å². The summed E-state index contributed by atoms with van der Waals surface area (Å²) >= 11 is 1.52. The zero-order chi connectivity index (χ0) is 9.80. The molecule has 14 heavy (non-hydrogen) atoms. The Kier molecular flexibility index (Phi) is 2.79. The molecule has 1 aromatic heterocycles. The van der Waals surface area contributed by atoms with Crippen molar-refractivity contribution >= 4 is 11.8 Å². The third-order valence-electron chi connectivity index (χ3n) is 1.67. The lowest BCUT2D eigenvalue weighted by atomic mass is 10.4. The predicted octanol–water partition coefficient (Wildman–Crippen LogP) is 3.37. The molecule has 0 atom stereocenters. The van der Waals surface area contributed by atoms with Crippen LogP contribution in [0.3, 0.4) is 0 Å². The first-order chi connectivity index (χ1) is 6.84. The van der Waals surface area contributed by atoms with Crippen LogP contribution >= 0.6 is 11.8 Å². The third-order valence-corrected chi connectivity index (χ3v) is 2.63. The van der Waals surface area contributed by atoms with E-state index in [1.807, 2.05) is 18.2 Å². The fourth-order valence-corrected chi connectivity index (χ4v) is 1.80. The zero-order valence-electron chi connectivity index (χ0n) is 7.35. The summed E-state index contributed by atoms with van der Waals surface area (Å²) < 4.78 is 12.6. The van der Waals surface area contributed by atoms with Crippen LogP contribution in [0, 0.1) is 5.82 Å². The van der Waals surface area contributed by atoms with Crippen molar-refractivity contribution in [3.05, 3.63) is 54.5 Å². The van der Waals surface area contributed by atoms with Gasteiger partial charge in [-0.2, -0.15) is 0 Å². The van der Waals surface area contributed by atoms with E-state index in [1.165, 1.54) is 23.9 Å². The van der Waals surface area contributed by atoms with Gasteiger partial charge >= 0.3 is 0 Å². The van der Waals surface area contributed by atoms with Crippen molar-refractivity contribution in [3.63, 3.8) is 0 Å². The molecule has 0 aliphatic carbocycles. The molecule has 0 bridgehead atoms. The normalized spacial score (nSPS) is 10.1. The molecule has 70 valence electrons. The largest absolute Gasteiger partial charge is 0.250 e. The Morgan fingerprint density at radius 2 is 1.79 bits per heavy atom. The number of aromatic nitrogens is 1.